The molecule has 2 nitrogen and oxygen atoms in total. The first kappa shape index (κ1) is 15.0. The summed E-state index contributed by atoms with van der Waals surface area (Å²) >= 11 is 0. The Bertz CT molecular complexity index is 507. The van der Waals surface area contributed by atoms with Gasteiger partial charge in [0.15, 0.2) is 0 Å². The number of benzene rings is 1. The number of hydrogen-bond acceptors (Lipinski definition) is 2. The van der Waals surface area contributed by atoms with Crippen LogP contribution in [0.15, 0.2) is 30.6 Å². The van der Waals surface area contributed by atoms with Gasteiger partial charge >= 0.3 is 0 Å². The second kappa shape index (κ2) is 8.68. The third-order valence-electron chi connectivity index (χ3n) is 3.93. The van der Waals surface area contributed by atoms with E-state index in [4.69, 9.17) is 0 Å². The summed E-state index contributed by atoms with van der Waals surface area (Å²) in [5.41, 5.74) is 1.43. The van der Waals surface area contributed by atoms with Crippen LogP contribution in [0.2, 0.25) is 0 Å². The largest absolute Gasteiger partial charge is 0.158 e. The van der Waals surface area contributed by atoms with Crippen LogP contribution in [0.3, 0.4) is 0 Å². The smallest absolute Gasteiger partial charge is 0.0574 e. The molecule has 2 heteroatoms. The molecule has 0 radical (unpaired) electrons. The minimum atomic E-state index is 1.18. The molecule has 0 aliphatic rings. The molecule has 2 aromatic rings. The molecule has 0 fully saturated rings. The summed E-state index contributed by atoms with van der Waals surface area (Å²) in [6.07, 6.45) is 15.9. The maximum absolute atomic E-state index is 3.95. The van der Waals surface area contributed by atoms with Gasteiger partial charge in [-0.1, -0.05) is 64.0 Å². The predicted octanol–water partition coefficient (Wildman–Crippen LogP) is 5.31. The van der Waals surface area contributed by atoms with Crippen LogP contribution in [0.25, 0.3) is 10.8 Å². The van der Waals surface area contributed by atoms with Gasteiger partial charge in [0.2, 0.25) is 0 Å². The lowest BCUT2D eigenvalue weighted by atomic mass is 10.0. The van der Waals surface area contributed by atoms with Gasteiger partial charge in [0.05, 0.1) is 12.4 Å². The fourth-order valence-electron chi connectivity index (χ4n) is 2.66. The number of aryl methyl sites for hydroxylation is 1. The van der Waals surface area contributed by atoms with Crippen LogP contribution < -0.4 is 0 Å². The van der Waals surface area contributed by atoms with Crippen molar-refractivity contribution >= 4 is 10.8 Å². The monoisotopic (exact) mass is 270 g/mol. The minimum Gasteiger partial charge on any atom is -0.158 e. The van der Waals surface area contributed by atoms with Crippen molar-refractivity contribution < 1.29 is 0 Å². The third-order valence-corrected chi connectivity index (χ3v) is 3.93. The van der Waals surface area contributed by atoms with Gasteiger partial charge < -0.3 is 0 Å². The van der Waals surface area contributed by atoms with Crippen LogP contribution in [-0.2, 0) is 6.42 Å². The number of fused-ring (bicyclic) bond motifs is 1. The Hall–Kier alpha value is -1.44. The topological polar surface area (TPSA) is 25.8 Å². The number of nitrogens with zero attached hydrogens (tertiary/aromatic N) is 2. The molecule has 0 saturated heterocycles. The highest BCUT2D eigenvalue weighted by Crippen LogP contribution is 2.16. The van der Waals surface area contributed by atoms with Crippen molar-refractivity contribution in [2.75, 3.05) is 0 Å². The van der Waals surface area contributed by atoms with E-state index in [0.717, 1.165) is 0 Å². The molecule has 0 atom stereocenters. The van der Waals surface area contributed by atoms with Crippen LogP contribution >= 0.6 is 0 Å². The molecule has 1 heterocycles. The maximum Gasteiger partial charge on any atom is 0.0574 e. The first-order chi connectivity index (χ1) is 9.90. The molecule has 0 saturated carbocycles. The molecule has 0 N–H and O–H groups in total. The standard InChI is InChI=1S/C18H26N2/c1-2-3-4-5-6-7-8-9-10-16-11-12-17-14-19-20-15-18(17)13-16/h11-15H,2-10H2,1H3. The van der Waals surface area contributed by atoms with Crippen molar-refractivity contribution in [2.24, 2.45) is 0 Å². The number of aromatic nitrogens is 2. The van der Waals surface area contributed by atoms with Crippen molar-refractivity contribution in [2.45, 2.75) is 64.7 Å². The summed E-state index contributed by atoms with van der Waals surface area (Å²) in [7, 11) is 0. The van der Waals surface area contributed by atoms with Gasteiger partial charge in [-0.2, -0.15) is 10.2 Å². The highest BCUT2D eigenvalue weighted by molar-refractivity contribution is 5.81. The van der Waals surface area contributed by atoms with Crippen LogP contribution in [0.1, 0.15) is 63.9 Å². The molecule has 20 heavy (non-hydrogen) atoms. The second-order valence-corrected chi connectivity index (χ2v) is 5.68. The number of hydrogen-bond donors (Lipinski definition) is 0. The van der Waals surface area contributed by atoms with Crippen molar-refractivity contribution in [1.29, 1.82) is 0 Å². The Morgan fingerprint density at radius 1 is 0.750 bits per heavy atom. The molecular formula is C18H26N2. The molecule has 0 unspecified atom stereocenters. The van der Waals surface area contributed by atoms with Crippen molar-refractivity contribution in [1.82, 2.24) is 10.2 Å². The molecule has 0 aliphatic carbocycles. The van der Waals surface area contributed by atoms with Crippen molar-refractivity contribution in [3.05, 3.63) is 36.2 Å². The second-order valence-electron chi connectivity index (χ2n) is 5.68. The van der Waals surface area contributed by atoms with E-state index in [1.165, 1.54) is 74.1 Å². The zero-order valence-corrected chi connectivity index (χ0v) is 12.6. The predicted molar refractivity (Wildman–Crippen MR) is 85.9 cm³/mol. The summed E-state index contributed by atoms with van der Waals surface area (Å²) in [6.45, 7) is 2.27. The van der Waals surface area contributed by atoms with Gasteiger partial charge in [0.25, 0.3) is 0 Å². The van der Waals surface area contributed by atoms with E-state index >= 15 is 0 Å². The molecule has 1 aromatic heterocycles. The summed E-state index contributed by atoms with van der Waals surface area (Å²) in [5, 5.41) is 10.2. The average Bonchev–Trinajstić information content (AvgIpc) is 2.50. The molecule has 2 rings (SSSR count). The Labute approximate surface area is 122 Å². The fourth-order valence-corrected chi connectivity index (χ4v) is 2.66. The number of rotatable bonds is 9. The Kier molecular flexibility index (Phi) is 6.49. The molecule has 1 aromatic carbocycles. The van der Waals surface area contributed by atoms with E-state index in [-0.39, 0.29) is 0 Å². The molecule has 0 aliphatic heterocycles. The van der Waals surface area contributed by atoms with Gasteiger partial charge in [-0.3, -0.25) is 0 Å². The van der Waals surface area contributed by atoms with Crippen LogP contribution in [0.5, 0.6) is 0 Å². The Morgan fingerprint density at radius 3 is 2.15 bits per heavy atom. The summed E-state index contributed by atoms with van der Waals surface area (Å²) in [4.78, 5) is 0. The van der Waals surface area contributed by atoms with E-state index in [1.54, 1.807) is 0 Å². The molecule has 0 spiro atoms. The first-order valence-corrected chi connectivity index (χ1v) is 8.09. The summed E-state index contributed by atoms with van der Waals surface area (Å²) in [6, 6.07) is 6.64. The third kappa shape index (κ3) is 4.92. The van der Waals surface area contributed by atoms with E-state index < -0.39 is 0 Å². The van der Waals surface area contributed by atoms with E-state index in [9.17, 15) is 0 Å². The zero-order valence-electron chi connectivity index (χ0n) is 12.6. The van der Waals surface area contributed by atoms with E-state index in [2.05, 4.69) is 35.3 Å². The molecular weight excluding hydrogens is 244 g/mol. The van der Waals surface area contributed by atoms with Crippen LogP contribution in [-0.4, -0.2) is 10.2 Å². The quantitative estimate of drug-likeness (QED) is 0.577. The maximum atomic E-state index is 3.95. The fraction of sp³-hybridized carbons (Fsp3) is 0.556. The normalized spacial score (nSPS) is 11.1. The lowest BCUT2D eigenvalue weighted by Crippen LogP contribution is -1.88. The van der Waals surface area contributed by atoms with Crippen LogP contribution in [0, 0.1) is 0 Å². The SMILES string of the molecule is CCCCCCCCCCc1ccc2cnncc2c1. The summed E-state index contributed by atoms with van der Waals surface area (Å²) in [5.74, 6) is 0. The Morgan fingerprint density at radius 2 is 1.40 bits per heavy atom. The highest BCUT2D eigenvalue weighted by atomic mass is 15.1. The van der Waals surface area contributed by atoms with Gasteiger partial charge in [-0.05, 0) is 24.5 Å². The molecule has 0 bridgehead atoms. The van der Waals surface area contributed by atoms with Gasteiger partial charge in [-0.25, -0.2) is 0 Å². The van der Waals surface area contributed by atoms with Crippen molar-refractivity contribution in [3.63, 3.8) is 0 Å². The van der Waals surface area contributed by atoms with Gasteiger partial charge in [-0.15, -0.1) is 0 Å². The van der Waals surface area contributed by atoms with Gasteiger partial charge in [0.1, 0.15) is 0 Å². The molecule has 0 amide bonds. The van der Waals surface area contributed by atoms with E-state index in [0.29, 0.717) is 0 Å². The lowest BCUT2D eigenvalue weighted by molar-refractivity contribution is 0.575. The average molecular weight is 270 g/mol. The lowest BCUT2D eigenvalue weighted by Gasteiger charge is -2.04. The Balaban J connectivity index is 1.65. The minimum absolute atomic E-state index is 1.18. The number of unbranched alkanes of at least 4 members (excludes halogenated alkanes) is 7. The first-order valence-electron chi connectivity index (χ1n) is 8.09. The highest BCUT2D eigenvalue weighted by Gasteiger charge is 1.98. The van der Waals surface area contributed by atoms with Crippen LogP contribution in [0.4, 0.5) is 0 Å². The van der Waals surface area contributed by atoms with E-state index in [1.807, 2.05) is 12.4 Å². The zero-order chi connectivity index (χ0) is 14.0. The van der Waals surface area contributed by atoms with Crippen molar-refractivity contribution in [3.8, 4) is 0 Å². The van der Waals surface area contributed by atoms with Gasteiger partial charge in [0, 0.05) is 10.8 Å². The summed E-state index contributed by atoms with van der Waals surface area (Å²) < 4.78 is 0. The molecule has 108 valence electrons.